The van der Waals surface area contributed by atoms with Gasteiger partial charge in [-0.1, -0.05) is 42.5 Å². The van der Waals surface area contributed by atoms with Gasteiger partial charge in [0.25, 0.3) is 0 Å². The van der Waals surface area contributed by atoms with Crippen LogP contribution < -0.4 is 4.74 Å². The van der Waals surface area contributed by atoms with Gasteiger partial charge in [0.05, 0.1) is 12.9 Å². The summed E-state index contributed by atoms with van der Waals surface area (Å²) in [5.74, 6) is 0.764. The molecule has 0 heterocycles. The molecule has 110 valence electrons. The lowest BCUT2D eigenvalue weighted by molar-refractivity contribution is 0.415. The van der Waals surface area contributed by atoms with Gasteiger partial charge in [0.1, 0.15) is 5.75 Å². The summed E-state index contributed by atoms with van der Waals surface area (Å²) in [6, 6.07) is 16.5. The van der Waals surface area contributed by atoms with Crippen LogP contribution >= 0.6 is 0 Å². The number of hydrogen-bond donors (Lipinski definition) is 0. The third kappa shape index (κ3) is 4.46. The second-order valence-corrected chi connectivity index (χ2v) is 6.67. The van der Waals surface area contributed by atoms with Gasteiger partial charge in [0.2, 0.25) is 0 Å². The highest BCUT2D eigenvalue weighted by Gasteiger charge is 2.10. The molecule has 0 radical (unpaired) electrons. The molecule has 2 aromatic carbocycles. The molecule has 0 aliphatic heterocycles. The Bertz CT molecular complexity index is 714. The fourth-order valence-electron chi connectivity index (χ4n) is 2.04. The first kappa shape index (κ1) is 15.3. The molecular weight excluding hydrogens is 284 g/mol. The Hall–Kier alpha value is -2.07. The Morgan fingerprint density at radius 2 is 1.67 bits per heavy atom. The fraction of sp³-hybridized carbons (Fsp3) is 0.176. The Balaban J connectivity index is 2.20. The quantitative estimate of drug-likeness (QED) is 0.846. The Labute approximate surface area is 125 Å². The zero-order chi connectivity index (χ0) is 15.3. The third-order valence-electron chi connectivity index (χ3n) is 3.11. The number of allylic oxidation sites excluding steroid dienone is 1. The number of benzene rings is 2. The van der Waals surface area contributed by atoms with Crippen molar-refractivity contribution in [2.24, 2.45) is 0 Å². The van der Waals surface area contributed by atoms with Gasteiger partial charge in [0, 0.05) is 5.41 Å². The average Bonchev–Trinajstić information content (AvgIpc) is 2.47. The monoisotopic (exact) mass is 302 g/mol. The van der Waals surface area contributed by atoms with E-state index < -0.39 is 9.84 Å². The topological polar surface area (TPSA) is 43.4 Å². The van der Waals surface area contributed by atoms with E-state index in [0.717, 1.165) is 16.9 Å². The highest BCUT2D eigenvalue weighted by atomic mass is 32.2. The first-order chi connectivity index (χ1) is 10.00. The molecule has 0 N–H and O–H groups in total. The minimum atomic E-state index is -3.29. The second kappa shape index (κ2) is 6.59. The molecule has 0 saturated heterocycles. The van der Waals surface area contributed by atoms with Crippen LogP contribution in [-0.4, -0.2) is 15.5 Å². The van der Waals surface area contributed by atoms with Gasteiger partial charge >= 0.3 is 0 Å². The van der Waals surface area contributed by atoms with Crippen LogP contribution in [0.15, 0.2) is 60.0 Å². The third-order valence-corrected chi connectivity index (χ3v) is 4.56. The maximum Gasteiger partial charge on any atom is 0.176 e. The SMILES string of the molecule is COc1ccc(/C(C)=C/S(=O)(=O)Cc2ccccc2)cc1. The van der Waals surface area contributed by atoms with Gasteiger partial charge in [0.15, 0.2) is 9.84 Å². The minimum absolute atomic E-state index is 0.0152. The van der Waals surface area contributed by atoms with Crippen LogP contribution in [-0.2, 0) is 15.6 Å². The molecule has 0 aromatic heterocycles. The molecule has 2 rings (SSSR count). The Kier molecular flexibility index (Phi) is 4.81. The molecule has 0 spiro atoms. The van der Waals surface area contributed by atoms with E-state index in [1.54, 1.807) is 14.0 Å². The Morgan fingerprint density at radius 3 is 2.24 bits per heavy atom. The van der Waals surface area contributed by atoms with E-state index >= 15 is 0 Å². The molecule has 0 atom stereocenters. The van der Waals surface area contributed by atoms with Gasteiger partial charge < -0.3 is 4.74 Å². The summed E-state index contributed by atoms with van der Waals surface area (Å²) in [4.78, 5) is 0. The number of methoxy groups -OCH3 is 1. The summed E-state index contributed by atoms with van der Waals surface area (Å²) in [5.41, 5.74) is 2.37. The molecule has 2 aromatic rings. The second-order valence-electron chi connectivity index (χ2n) is 4.82. The van der Waals surface area contributed by atoms with Crippen molar-refractivity contribution < 1.29 is 13.2 Å². The van der Waals surface area contributed by atoms with Crippen molar-refractivity contribution in [3.63, 3.8) is 0 Å². The number of rotatable bonds is 5. The van der Waals surface area contributed by atoms with E-state index in [1.165, 1.54) is 5.41 Å². The smallest absolute Gasteiger partial charge is 0.176 e. The molecule has 0 amide bonds. The van der Waals surface area contributed by atoms with E-state index in [0.29, 0.717) is 5.57 Å². The van der Waals surface area contributed by atoms with Crippen molar-refractivity contribution in [2.45, 2.75) is 12.7 Å². The molecule has 0 aliphatic carbocycles. The average molecular weight is 302 g/mol. The zero-order valence-electron chi connectivity index (χ0n) is 12.1. The van der Waals surface area contributed by atoms with E-state index in [2.05, 4.69) is 0 Å². The van der Waals surface area contributed by atoms with Crippen molar-refractivity contribution in [1.82, 2.24) is 0 Å². The summed E-state index contributed by atoms with van der Waals surface area (Å²) in [5, 5.41) is 1.34. The van der Waals surface area contributed by atoms with E-state index in [1.807, 2.05) is 54.6 Å². The highest BCUT2D eigenvalue weighted by Crippen LogP contribution is 2.20. The predicted octanol–water partition coefficient (Wildman–Crippen LogP) is 3.67. The van der Waals surface area contributed by atoms with Crippen molar-refractivity contribution in [1.29, 1.82) is 0 Å². The van der Waals surface area contributed by atoms with Crippen molar-refractivity contribution in [2.75, 3.05) is 7.11 Å². The molecule has 21 heavy (non-hydrogen) atoms. The van der Waals surface area contributed by atoms with E-state index in [-0.39, 0.29) is 5.75 Å². The van der Waals surface area contributed by atoms with Crippen LogP contribution in [0.2, 0.25) is 0 Å². The fourth-order valence-corrected chi connectivity index (χ4v) is 3.45. The molecule has 3 nitrogen and oxygen atoms in total. The standard InChI is InChI=1S/C17H18O3S/c1-14(16-8-10-17(20-2)11-9-16)12-21(18,19)13-15-6-4-3-5-7-15/h3-12H,13H2,1-2H3/b14-12+. The molecule has 0 unspecified atom stereocenters. The first-order valence-electron chi connectivity index (χ1n) is 6.59. The van der Waals surface area contributed by atoms with Gasteiger partial charge in [-0.3, -0.25) is 0 Å². The molecule has 0 saturated carbocycles. The predicted molar refractivity (Wildman–Crippen MR) is 85.7 cm³/mol. The van der Waals surface area contributed by atoms with Crippen molar-refractivity contribution in [3.05, 3.63) is 71.1 Å². The minimum Gasteiger partial charge on any atom is -0.497 e. The van der Waals surface area contributed by atoms with Crippen LogP contribution in [0.25, 0.3) is 5.57 Å². The molecule has 0 bridgehead atoms. The number of sulfone groups is 1. The molecule has 0 fully saturated rings. The normalized spacial score (nSPS) is 12.2. The van der Waals surface area contributed by atoms with Crippen molar-refractivity contribution in [3.8, 4) is 5.75 Å². The zero-order valence-corrected chi connectivity index (χ0v) is 12.9. The summed E-state index contributed by atoms with van der Waals surface area (Å²) in [6.45, 7) is 1.80. The van der Waals surface area contributed by atoms with Crippen LogP contribution in [0.5, 0.6) is 5.75 Å². The maximum atomic E-state index is 12.2. The van der Waals surface area contributed by atoms with Crippen LogP contribution in [0.1, 0.15) is 18.1 Å². The lowest BCUT2D eigenvalue weighted by Gasteiger charge is -2.05. The van der Waals surface area contributed by atoms with Gasteiger partial charge in [-0.05, 0) is 35.8 Å². The highest BCUT2D eigenvalue weighted by molar-refractivity contribution is 7.93. The summed E-state index contributed by atoms with van der Waals surface area (Å²) in [7, 11) is -1.69. The van der Waals surface area contributed by atoms with E-state index in [9.17, 15) is 8.42 Å². The maximum absolute atomic E-state index is 12.2. The molecular formula is C17H18O3S. The van der Waals surface area contributed by atoms with E-state index in [4.69, 9.17) is 4.74 Å². The van der Waals surface area contributed by atoms with Gasteiger partial charge in [-0.2, -0.15) is 0 Å². The lowest BCUT2D eigenvalue weighted by Crippen LogP contribution is -2.01. The first-order valence-corrected chi connectivity index (χ1v) is 8.31. The summed E-state index contributed by atoms with van der Waals surface area (Å²) in [6.07, 6.45) is 0. The number of ether oxygens (including phenoxy) is 1. The van der Waals surface area contributed by atoms with Gasteiger partial charge in [-0.15, -0.1) is 0 Å². The van der Waals surface area contributed by atoms with Crippen molar-refractivity contribution >= 4 is 15.4 Å². The number of hydrogen-bond acceptors (Lipinski definition) is 3. The van der Waals surface area contributed by atoms with Gasteiger partial charge in [-0.25, -0.2) is 8.42 Å². The van der Waals surface area contributed by atoms with Crippen LogP contribution in [0.3, 0.4) is 0 Å². The summed E-state index contributed by atoms with van der Waals surface area (Å²) < 4.78 is 29.5. The molecule has 0 aliphatic rings. The molecule has 4 heteroatoms. The largest absolute Gasteiger partial charge is 0.497 e. The lowest BCUT2D eigenvalue weighted by atomic mass is 10.1. The summed E-state index contributed by atoms with van der Waals surface area (Å²) >= 11 is 0. The van der Waals surface area contributed by atoms with Crippen LogP contribution in [0, 0.1) is 0 Å². The Morgan fingerprint density at radius 1 is 1.05 bits per heavy atom. The van der Waals surface area contributed by atoms with Crippen LogP contribution in [0.4, 0.5) is 0 Å².